The lowest BCUT2D eigenvalue weighted by atomic mass is 10.2. The molecule has 0 unspecified atom stereocenters. The Kier molecular flexibility index (Phi) is 8.01. The normalized spacial score (nSPS) is 11.2. The third kappa shape index (κ3) is 5.11. The fourth-order valence-corrected chi connectivity index (χ4v) is 2.99. The molecule has 0 amide bonds. The SMILES string of the molecule is COCc1ccccc1NC(N)=NCc1c(C)nn(-c2ccccc2)c1C.I. The van der Waals surface area contributed by atoms with Gasteiger partial charge in [0.05, 0.1) is 24.5 Å². The van der Waals surface area contributed by atoms with Crippen molar-refractivity contribution >= 4 is 35.6 Å². The highest BCUT2D eigenvalue weighted by molar-refractivity contribution is 14.0. The number of ether oxygens (including phenoxy) is 1. The number of aliphatic imine (C=N–C) groups is 1. The maximum Gasteiger partial charge on any atom is 0.193 e. The Bertz CT molecular complexity index is 937. The van der Waals surface area contributed by atoms with Gasteiger partial charge in [-0.3, -0.25) is 0 Å². The minimum atomic E-state index is 0. The highest BCUT2D eigenvalue weighted by Crippen LogP contribution is 2.19. The van der Waals surface area contributed by atoms with Crippen LogP contribution in [-0.2, 0) is 17.9 Å². The Morgan fingerprint density at radius 1 is 1.11 bits per heavy atom. The summed E-state index contributed by atoms with van der Waals surface area (Å²) in [6.45, 7) is 5.03. The molecule has 0 aliphatic heterocycles. The van der Waals surface area contributed by atoms with Crippen LogP contribution in [-0.4, -0.2) is 22.8 Å². The zero-order chi connectivity index (χ0) is 19.2. The molecule has 0 fully saturated rings. The molecule has 0 atom stereocenters. The van der Waals surface area contributed by atoms with Crippen LogP contribution in [0.25, 0.3) is 5.69 Å². The molecular formula is C21H26IN5O. The van der Waals surface area contributed by atoms with Gasteiger partial charge in [-0.15, -0.1) is 24.0 Å². The van der Waals surface area contributed by atoms with Gasteiger partial charge in [0, 0.05) is 29.6 Å². The topological polar surface area (TPSA) is 77.5 Å². The second-order valence-corrected chi connectivity index (χ2v) is 6.31. The number of anilines is 1. The third-order valence-electron chi connectivity index (χ3n) is 4.43. The van der Waals surface area contributed by atoms with Crippen LogP contribution in [0.2, 0.25) is 0 Å². The molecular weight excluding hydrogens is 465 g/mol. The van der Waals surface area contributed by atoms with Gasteiger partial charge in [0.1, 0.15) is 0 Å². The molecule has 1 heterocycles. The van der Waals surface area contributed by atoms with E-state index in [-0.39, 0.29) is 24.0 Å². The predicted molar refractivity (Wildman–Crippen MR) is 125 cm³/mol. The van der Waals surface area contributed by atoms with Gasteiger partial charge >= 0.3 is 0 Å². The molecule has 0 radical (unpaired) electrons. The summed E-state index contributed by atoms with van der Waals surface area (Å²) in [5, 5.41) is 7.81. The average molecular weight is 491 g/mol. The maximum absolute atomic E-state index is 6.11. The van der Waals surface area contributed by atoms with Gasteiger partial charge < -0.3 is 15.8 Å². The summed E-state index contributed by atoms with van der Waals surface area (Å²) in [5.41, 5.74) is 12.2. The van der Waals surface area contributed by atoms with E-state index in [1.807, 2.05) is 66.2 Å². The number of para-hydroxylation sites is 2. The highest BCUT2D eigenvalue weighted by atomic mass is 127. The van der Waals surface area contributed by atoms with E-state index < -0.39 is 0 Å². The van der Waals surface area contributed by atoms with E-state index in [0.717, 1.165) is 33.9 Å². The summed E-state index contributed by atoms with van der Waals surface area (Å²) in [7, 11) is 1.67. The van der Waals surface area contributed by atoms with E-state index in [2.05, 4.69) is 22.3 Å². The highest BCUT2D eigenvalue weighted by Gasteiger charge is 2.12. The van der Waals surface area contributed by atoms with Gasteiger partial charge in [-0.05, 0) is 32.0 Å². The summed E-state index contributed by atoms with van der Waals surface area (Å²) < 4.78 is 7.17. The van der Waals surface area contributed by atoms with E-state index in [0.29, 0.717) is 19.1 Å². The first kappa shape index (κ1) is 21.9. The second-order valence-electron chi connectivity index (χ2n) is 6.31. The Balaban J connectivity index is 0.00000280. The molecule has 0 bridgehead atoms. The van der Waals surface area contributed by atoms with Gasteiger partial charge in [0.25, 0.3) is 0 Å². The lowest BCUT2D eigenvalue weighted by Gasteiger charge is -2.11. The minimum absolute atomic E-state index is 0. The fourth-order valence-electron chi connectivity index (χ4n) is 2.99. The second kappa shape index (κ2) is 10.2. The molecule has 3 N–H and O–H groups in total. The van der Waals surface area contributed by atoms with Crippen molar-refractivity contribution in [2.45, 2.75) is 27.0 Å². The third-order valence-corrected chi connectivity index (χ3v) is 4.43. The van der Waals surface area contributed by atoms with Crippen molar-refractivity contribution < 1.29 is 4.74 Å². The molecule has 0 aliphatic carbocycles. The number of nitrogens with zero attached hydrogens (tertiary/aromatic N) is 3. The first-order valence-corrected chi connectivity index (χ1v) is 8.84. The van der Waals surface area contributed by atoms with Crippen molar-refractivity contribution in [3.8, 4) is 5.69 Å². The molecule has 0 spiro atoms. The van der Waals surface area contributed by atoms with Gasteiger partial charge in [0.2, 0.25) is 0 Å². The van der Waals surface area contributed by atoms with Crippen molar-refractivity contribution in [1.29, 1.82) is 0 Å². The number of guanidine groups is 1. The molecule has 2 aromatic carbocycles. The standard InChI is InChI=1S/C21H25N5O.HI/c1-15-19(16(2)26(25-15)18-10-5-4-6-11-18)13-23-21(22)24-20-12-8-7-9-17(20)14-27-3;/h4-12H,13-14H2,1-3H3,(H3,22,23,24);1H. The summed E-state index contributed by atoms with van der Waals surface area (Å²) in [6, 6.07) is 18.0. The fraction of sp³-hybridized carbons (Fsp3) is 0.238. The number of rotatable bonds is 6. The smallest absolute Gasteiger partial charge is 0.193 e. The summed E-state index contributed by atoms with van der Waals surface area (Å²) in [5.74, 6) is 0.366. The zero-order valence-corrected chi connectivity index (χ0v) is 18.7. The minimum Gasteiger partial charge on any atom is -0.380 e. The molecule has 148 valence electrons. The van der Waals surface area contributed by atoms with Crippen LogP contribution in [0.3, 0.4) is 0 Å². The quantitative estimate of drug-likeness (QED) is 0.308. The van der Waals surface area contributed by atoms with Gasteiger partial charge in [0.15, 0.2) is 5.96 Å². The molecule has 7 heteroatoms. The van der Waals surface area contributed by atoms with Crippen molar-refractivity contribution in [2.75, 3.05) is 12.4 Å². The molecule has 6 nitrogen and oxygen atoms in total. The number of nitrogens with one attached hydrogen (secondary N) is 1. The monoisotopic (exact) mass is 491 g/mol. The molecule has 0 saturated carbocycles. The lowest BCUT2D eigenvalue weighted by molar-refractivity contribution is 0.185. The van der Waals surface area contributed by atoms with Gasteiger partial charge in [-0.2, -0.15) is 5.10 Å². The van der Waals surface area contributed by atoms with Crippen LogP contribution in [0.15, 0.2) is 59.6 Å². The predicted octanol–water partition coefficient (Wildman–Crippen LogP) is 4.18. The molecule has 0 aliphatic rings. The number of benzene rings is 2. The van der Waals surface area contributed by atoms with E-state index in [1.165, 1.54) is 0 Å². The summed E-state index contributed by atoms with van der Waals surface area (Å²) in [4.78, 5) is 4.51. The number of methoxy groups -OCH3 is 1. The molecule has 3 aromatic rings. The van der Waals surface area contributed by atoms with Crippen LogP contribution in [0.4, 0.5) is 5.69 Å². The first-order chi connectivity index (χ1) is 13.1. The summed E-state index contributed by atoms with van der Waals surface area (Å²) in [6.07, 6.45) is 0. The maximum atomic E-state index is 6.11. The Hall–Kier alpha value is -2.39. The van der Waals surface area contributed by atoms with Crippen LogP contribution >= 0.6 is 24.0 Å². The van der Waals surface area contributed by atoms with E-state index >= 15 is 0 Å². The molecule has 0 saturated heterocycles. The first-order valence-electron chi connectivity index (χ1n) is 8.84. The molecule has 28 heavy (non-hydrogen) atoms. The van der Waals surface area contributed by atoms with Crippen molar-refractivity contribution in [3.05, 3.63) is 77.1 Å². The number of hydrogen-bond donors (Lipinski definition) is 2. The lowest BCUT2D eigenvalue weighted by Crippen LogP contribution is -2.23. The Morgan fingerprint density at radius 2 is 1.79 bits per heavy atom. The molecule has 3 rings (SSSR count). The van der Waals surface area contributed by atoms with E-state index in [9.17, 15) is 0 Å². The van der Waals surface area contributed by atoms with Gasteiger partial charge in [-0.25, -0.2) is 9.67 Å². The molecule has 1 aromatic heterocycles. The Labute approximate surface area is 182 Å². The van der Waals surface area contributed by atoms with Crippen LogP contribution in [0.5, 0.6) is 0 Å². The van der Waals surface area contributed by atoms with E-state index in [1.54, 1.807) is 7.11 Å². The number of hydrogen-bond acceptors (Lipinski definition) is 3. The Morgan fingerprint density at radius 3 is 2.50 bits per heavy atom. The van der Waals surface area contributed by atoms with Crippen molar-refractivity contribution in [3.63, 3.8) is 0 Å². The number of halogens is 1. The van der Waals surface area contributed by atoms with Crippen LogP contribution in [0, 0.1) is 13.8 Å². The van der Waals surface area contributed by atoms with Crippen LogP contribution < -0.4 is 11.1 Å². The number of nitrogens with two attached hydrogens (primary N) is 1. The largest absolute Gasteiger partial charge is 0.380 e. The van der Waals surface area contributed by atoms with Crippen LogP contribution in [0.1, 0.15) is 22.5 Å². The summed E-state index contributed by atoms with van der Waals surface area (Å²) >= 11 is 0. The number of aryl methyl sites for hydroxylation is 1. The van der Waals surface area contributed by atoms with Gasteiger partial charge in [-0.1, -0.05) is 36.4 Å². The van der Waals surface area contributed by atoms with E-state index in [4.69, 9.17) is 10.5 Å². The van der Waals surface area contributed by atoms with Crippen molar-refractivity contribution in [1.82, 2.24) is 9.78 Å². The number of aromatic nitrogens is 2. The zero-order valence-electron chi connectivity index (χ0n) is 16.3. The van der Waals surface area contributed by atoms with Crippen molar-refractivity contribution in [2.24, 2.45) is 10.7 Å². The average Bonchev–Trinajstić information content (AvgIpc) is 2.96.